The molecule has 0 bridgehead atoms. The highest BCUT2D eigenvalue weighted by atomic mass is 16.4. The van der Waals surface area contributed by atoms with Crippen molar-refractivity contribution >= 4 is 38.3 Å². The molecule has 29 heavy (non-hydrogen) atoms. The van der Waals surface area contributed by atoms with Crippen molar-refractivity contribution < 1.29 is 9.90 Å². The van der Waals surface area contributed by atoms with Gasteiger partial charge in [-0.1, -0.05) is 86.0 Å². The molecule has 0 spiro atoms. The van der Waals surface area contributed by atoms with Gasteiger partial charge < -0.3 is 5.11 Å². The van der Waals surface area contributed by atoms with Crippen molar-refractivity contribution in [1.29, 1.82) is 0 Å². The maximum Gasteiger partial charge on any atom is 0.303 e. The molecule has 4 rings (SSSR count). The Morgan fingerprint density at radius 1 is 0.724 bits per heavy atom. The average Bonchev–Trinajstić information content (AvgIpc) is 2.73. The lowest BCUT2D eigenvalue weighted by atomic mass is 9.91. The molecule has 4 aromatic carbocycles. The third kappa shape index (κ3) is 4.42. The molecule has 0 saturated heterocycles. The van der Waals surface area contributed by atoms with Crippen molar-refractivity contribution in [3.05, 3.63) is 72.3 Å². The number of unbranched alkanes of at least 4 members (excludes halogenated alkanes) is 5. The quantitative estimate of drug-likeness (QED) is 0.175. The molecule has 0 saturated carbocycles. The molecular weight excluding hydrogens is 356 g/mol. The molecule has 0 aliphatic heterocycles. The molecule has 1 N–H and O–H groups in total. The number of hydrogen-bond donors (Lipinski definition) is 1. The van der Waals surface area contributed by atoms with E-state index in [1.54, 1.807) is 0 Å². The summed E-state index contributed by atoms with van der Waals surface area (Å²) < 4.78 is 0. The minimum atomic E-state index is -0.681. The molecule has 0 amide bonds. The molecule has 0 fully saturated rings. The topological polar surface area (TPSA) is 37.3 Å². The number of allylic oxidation sites excluding steroid dienone is 2. The monoisotopic (exact) mass is 384 g/mol. The highest BCUT2D eigenvalue weighted by Crippen LogP contribution is 2.36. The molecule has 2 heteroatoms. The largest absolute Gasteiger partial charge is 0.481 e. The summed E-state index contributed by atoms with van der Waals surface area (Å²) >= 11 is 0. The number of aliphatic carboxylic acids is 1. The van der Waals surface area contributed by atoms with E-state index in [2.05, 4.69) is 66.7 Å². The van der Waals surface area contributed by atoms with E-state index in [0.717, 1.165) is 32.1 Å². The molecule has 0 atom stereocenters. The van der Waals surface area contributed by atoms with Crippen LogP contribution in [-0.4, -0.2) is 11.1 Å². The zero-order chi connectivity index (χ0) is 20.1. The molecule has 2 nitrogen and oxygen atoms in total. The number of carbonyl (C=O) groups is 1. The van der Waals surface area contributed by atoms with E-state index in [1.165, 1.54) is 50.7 Å². The molecular formula is C27H28O2. The van der Waals surface area contributed by atoms with Crippen molar-refractivity contribution in [2.75, 3.05) is 0 Å². The lowest BCUT2D eigenvalue weighted by molar-refractivity contribution is -0.137. The van der Waals surface area contributed by atoms with Gasteiger partial charge >= 0.3 is 5.97 Å². The lowest BCUT2D eigenvalue weighted by Gasteiger charge is -2.13. The number of rotatable bonds is 10. The van der Waals surface area contributed by atoms with E-state index >= 15 is 0 Å². The van der Waals surface area contributed by atoms with Gasteiger partial charge in [-0.25, -0.2) is 0 Å². The Morgan fingerprint density at radius 2 is 1.38 bits per heavy atom. The molecule has 0 aromatic heterocycles. The summed E-state index contributed by atoms with van der Waals surface area (Å²) in [5.74, 6) is -0.681. The summed E-state index contributed by atoms with van der Waals surface area (Å²) in [6, 6.07) is 20.1. The Labute approximate surface area is 172 Å². The van der Waals surface area contributed by atoms with Gasteiger partial charge in [-0.3, -0.25) is 4.79 Å². The van der Waals surface area contributed by atoms with Crippen molar-refractivity contribution in [2.24, 2.45) is 0 Å². The summed E-state index contributed by atoms with van der Waals surface area (Å²) in [6.07, 6.45) is 12.3. The Kier molecular flexibility index (Phi) is 6.09. The van der Waals surface area contributed by atoms with Gasteiger partial charge in [0.2, 0.25) is 0 Å². The van der Waals surface area contributed by atoms with E-state index in [9.17, 15) is 4.79 Å². The van der Waals surface area contributed by atoms with Gasteiger partial charge in [-0.15, -0.1) is 0 Å². The van der Waals surface area contributed by atoms with Crippen molar-refractivity contribution in [2.45, 2.75) is 51.4 Å². The van der Waals surface area contributed by atoms with Crippen LogP contribution in [0.2, 0.25) is 0 Å². The van der Waals surface area contributed by atoms with E-state index in [4.69, 9.17) is 5.11 Å². The third-order valence-corrected chi connectivity index (χ3v) is 5.88. The van der Waals surface area contributed by atoms with Crippen LogP contribution >= 0.6 is 0 Å². The minimum Gasteiger partial charge on any atom is -0.481 e. The predicted octanol–water partition coefficient (Wildman–Crippen LogP) is 7.50. The van der Waals surface area contributed by atoms with Crippen LogP contribution < -0.4 is 0 Å². The Balaban J connectivity index is 1.37. The fourth-order valence-corrected chi connectivity index (χ4v) is 4.37. The van der Waals surface area contributed by atoms with Crippen molar-refractivity contribution in [1.82, 2.24) is 0 Å². The maximum atomic E-state index is 10.5. The molecule has 0 heterocycles. The van der Waals surface area contributed by atoms with Crippen LogP contribution in [0.4, 0.5) is 0 Å². The Morgan fingerprint density at radius 3 is 2.17 bits per heavy atom. The van der Waals surface area contributed by atoms with Gasteiger partial charge in [0.1, 0.15) is 0 Å². The predicted molar refractivity (Wildman–Crippen MR) is 123 cm³/mol. The van der Waals surface area contributed by atoms with E-state index in [0.29, 0.717) is 6.42 Å². The van der Waals surface area contributed by atoms with Crippen LogP contribution in [0, 0.1) is 0 Å². The fraction of sp³-hybridized carbons (Fsp3) is 0.296. The average molecular weight is 385 g/mol. The van der Waals surface area contributed by atoms with E-state index < -0.39 is 5.97 Å². The second-order valence-corrected chi connectivity index (χ2v) is 7.96. The molecule has 0 radical (unpaired) electrons. The standard InChI is InChI=1S/C27H28O2/c28-25(29)13-8-6-4-2-1-3-5-7-10-20-14-15-23-17-16-21-11-9-12-22-18-19-24(20)27(23)26(21)22/h5,7,9,11-12,14-19H,1-4,6,8,10,13H2,(H,28,29)/b7-5-. The Bertz CT molecular complexity index is 1120. The first-order valence-corrected chi connectivity index (χ1v) is 10.8. The summed E-state index contributed by atoms with van der Waals surface area (Å²) in [5.41, 5.74) is 1.39. The maximum absolute atomic E-state index is 10.5. The molecule has 0 unspecified atom stereocenters. The van der Waals surface area contributed by atoms with Crippen LogP contribution in [0.3, 0.4) is 0 Å². The third-order valence-electron chi connectivity index (χ3n) is 5.88. The number of carboxylic acid groups (broad SMARTS) is 1. The summed E-state index contributed by atoms with van der Waals surface area (Å²) in [6.45, 7) is 0. The van der Waals surface area contributed by atoms with Gasteiger partial charge in [0, 0.05) is 6.42 Å². The summed E-state index contributed by atoms with van der Waals surface area (Å²) in [4.78, 5) is 10.5. The summed E-state index contributed by atoms with van der Waals surface area (Å²) in [7, 11) is 0. The van der Waals surface area contributed by atoms with Crippen LogP contribution in [0.1, 0.15) is 50.5 Å². The summed E-state index contributed by atoms with van der Waals surface area (Å²) in [5, 5.41) is 16.7. The molecule has 4 aromatic rings. The second kappa shape index (κ2) is 9.09. The Hall–Kier alpha value is -2.87. The lowest BCUT2D eigenvalue weighted by Crippen LogP contribution is -1.93. The molecule has 0 aliphatic rings. The first-order valence-electron chi connectivity index (χ1n) is 10.8. The molecule has 148 valence electrons. The second-order valence-electron chi connectivity index (χ2n) is 7.96. The minimum absolute atomic E-state index is 0.305. The first-order chi connectivity index (χ1) is 14.2. The first kappa shape index (κ1) is 19.4. The van der Waals surface area contributed by atoms with Crippen LogP contribution in [-0.2, 0) is 11.2 Å². The van der Waals surface area contributed by atoms with Crippen LogP contribution in [0.25, 0.3) is 32.3 Å². The van der Waals surface area contributed by atoms with Gasteiger partial charge in [-0.05, 0) is 63.6 Å². The van der Waals surface area contributed by atoms with Gasteiger partial charge in [0.25, 0.3) is 0 Å². The van der Waals surface area contributed by atoms with Crippen LogP contribution in [0.15, 0.2) is 66.7 Å². The smallest absolute Gasteiger partial charge is 0.303 e. The SMILES string of the molecule is O=C(O)CCCCCCC/C=C\Cc1ccc2ccc3cccc4ccc1c2c34. The highest BCUT2D eigenvalue weighted by Gasteiger charge is 2.09. The fourth-order valence-electron chi connectivity index (χ4n) is 4.37. The van der Waals surface area contributed by atoms with Crippen molar-refractivity contribution in [3.8, 4) is 0 Å². The zero-order valence-electron chi connectivity index (χ0n) is 16.9. The molecule has 0 aliphatic carbocycles. The van der Waals surface area contributed by atoms with Gasteiger partial charge in [-0.2, -0.15) is 0 Å². The van der Waals surface area contributed by atoms with Gasteiger partial charge in [0.05, 0.1) is 0 Å². The van der Waals surface area contributed by atoms with Crippen LogP contribution in [0.5, 0.6) is 0 Å². The zero-order valence-corrected chi connectivity index (χ0v) is 16.9. The van der Waals surface area contributed by atoms with Gasteiger partial charge in [0.15, 0.2) is 0 Å². The number of benzene rings is 4. The van der Waals surface area contributed by atoms with Crippen molar-refractivity contribution in [3.63, 3.8) is 0 Å². The number of carboxylic acids is 1. The highest BCUT2D eigenvalue weighted by molar-refractivity contribution is 6.23. The number of hydrogen-bond acceptors (Lipinski definition) is 1. The van der Waals surface area contributed by atoms with E-state index in [-0.39, 0.29) is 0 Å². The van der Waals surface area contributed by atoms with E-state index in [1.807, 2.05) is 0 Å². The normalized spacial score (nSPS) is 12.0.